The van der Waals surface area contributed by atoms with Crippen LogP contribution < -0.4 is 0 Å². The van der Waals surface area contributed by atoms with Gasteiger partial charge >= 0.3 is 0 Å². The Hall–Kier alpha value is -1.81. The first-order chi connectivity index (χ1) is 10.6. The van der Waals surface area contributed by atoms with E-state index in [2.05, 4.69) is 12.0 Å². The fourth-order valence-corrected chi connectivity index (χ4v) is 3.08. The third-order valence-corrected chi connectivity index (χ3v) is 4.29. The third kappa shape index (κ3) is 3.50. The molecule has 1 atom stereocenters. The molecule has 0 spiro atoms. The van der Waals surface area contributed by atoms with Gasteiger partial charge in [-0.25, -0.2) is 0 Å². The second kappa shape index (κ2) is 6.53. The fourth-order valence-electron chi connectivity index (χ4n) is 2.92. The molecule has 22 heavy (non-hydrogen) atoms. The topological polar surface area (TPSA) is 38.1 Å². The van der Waals surface area contributed by atoms with Crippen LogP contribution in [0.25, 0.3) is 0 Å². The van der Waals surface area contributed by atoms with Crippen molar-refractivity contribution in [3.05, 3.63) is 52.8 Å². The average molecular weight is 318 g/mol. The molecule has 1 saturated heterocycles. The first kappa shape index (κ1) is 15.1. The van der Waals surface area contributed by atoms with E-state index >= 15 is 0 Å². The van der Waals surface area contributed by atoms with E-state index in [0.717, 1.165) is 30.6 Å². The molecule has 1 aliphatic heterocycles. The minimum absolute atomic E-state index is 0.139. The molecule has 0 unspecified atom stereocenters. The molecule has 4 nitrogen and oxygen atoms in total. The molecule has 1 aromatic heterocycles. The Morgan fingerprint density at radius 3 is 2.77 bits per heavy atom. The first-order valence-electron chi connectivity index (χ1n) is 7.68. The Morgan fingerprint density at radius 1 is 1.36 bits per heavy atom. The molecule has 0 saturated carbocycles. The Balaban J connectivity index is 1.67. The molecule has 5 heteroatoms. The molecule has 116 valence electrons. The Labute approximate surface area is 135 Å². The highest BCUT2D eigenvalue weighted by Gasteiger charge is 2.21. The summed E-state index contributed by atoms with van der Waals surface area (Å²) in [4.78, 5) is 14.5. The lowest BCUT2D eigenvalue weighted by Crippen LogP contribution is -2.39. The van der Waals surface area contributed by atoms with E-state index in [1.165, 1.54) is 6.42 Å². The number of hydrogen-bond acceptors (Lipinski definition) is 2. The second-order valence-electron chi connectivity index (χ2n) is 6.05. The molecule has 2 heterocycles. The zero-order chi connectivity index (χ0) is 15.5. The summed E-state index contributed by atoms with van der Waals surface area (Å²) in [6, 6.07) is 7.77. The number of nitrogens with zero attached hydrogens (tertiary/aromatic N) is 3. The van der Waals surface area contributed by atoms with Gasteiger partial charge in [-0.05, 0) is 36.5 Å². The quantitative estimate of drug-likeness (QED) is 0.869. The maximum absolute atomic E-state index is 12.5. The predicted molar refractivity (Wildman–Crippen MR) is 87.1 cm³/mol. The van der Waals surface area contributed by atoms with Crippen LogP contribution >= 0.6 is 11.6 Å². The smallest absolute Gasteiger partial charge is 0.253 e. The molecule has 1 fully saturated rings. The van der Waals surface area contributed by atoms with Crippen molar-refractivity contribution in [3.63, 3.8) is 0 Å². The van der Waals surface area contributed by atoms with E-state index in [0.29, 0.717) is 17.5 Å². The van der Waals surface area contributed by atoms with Gasteiger partial charge in [0.05, 0.1) is 17.8 Å². The maximum Gasteiger partial charge on any atom is 0.253 e. The van der Waals surface area contributed by atoms with Crippen LogP contribution in [0.15, 0.2) is 36.7 Å². The summed E-state index contributed by atoms with van der Waals surface area (Å²) in [6.07, 6.45) is 5.73. The lowest BCUT2D eigenvalue weighted by Gasteiger charge is -2.31. The lowest BCUT2D eigenvalue weighted by molar-refractivity contribution is 0.0683. The van der Waals surface area contributed by atoms with Gasteiger partial charge in [0.25, 0.3) is 5.91 Å². The summed E-state index contributed by atoms with van der Waals surface area (Å²) in [6.45, 7) is 4.60. The van der Waals surface area contributed by atoms with Gasteiger partial charge in [0.2, 0.25) is 0 Å². The third-order valence-electron chi connectivity index (χ3n) is 4.09. The van der Waals surface area contributed by atoms with Gasteiger partial charge in [-0.15, -0.1) is 0 Å². The van der Waals surface area contributed by atoms with Gasteiger partial charge < -0.3 is 4.90 Å². The van der Waals surface area contributed by atoms with E-state index in [1.54, 1.807) is 17.1 Å². The minimum atomic E-state index is 0.139. The summed E-state index contributed by atoms with van der Waals surface area (Å²) >= 11 is 5.86. The maximum atomic E-state index is 12.5. The number of carbonyl (C=O) groups is 1. The van der Waals surface area contributed by atoms with Gasteiger partial charge in [0.15, 0.2) is 0 Å². The van der Waals surface area contributed by atoms with E-state index in [1.807, 2.05) is 29.2 Å². The number of likely N-dealkylation sites (tertiary alicyclic amines) is 1. The minimum Gasteiger partial charge on any atom is -0.338 e. The normalized spacial score (nSPS) is 18.5. The van der Waals surface area contributed by atoms with Crippen LogP contribution in [-0.2, 0) is 6.54 Å². The molecule has 1 aliphatic rings. The van der Waals surface area contributed by atoms with Gasteiger partial charge in [-0.3, -0.25) is 9.48 Å². The molecular formula is C17H20ClN3O. The van der Waals surface area contributed by atoms with Crippen LogP contribution in [-0.4, -0.2) is 33.7 Å². The van der Waals surface area contributed by atoms with Crippen molar-refractivity contribution >= 4 is 17.5 Å². The van der Waals surface area contributed by atoms with Gasteiger partial charge in [0, 0.05) is 24.8 Å². The van der Waals surface area contributed by atoms with Crippen molar-refractivity contribution in [2.45, 2.75) is 26.3 Å². The van der Waals surface area contributed by atoms with Crippen LogP contribution in [0, 0.1) is 5.92 Å². The van der Waals surface area contributed by atoms with Crippen LogP contribution in [0.4, 0.5) is 0 Å². The van der Waals surface area contributed by atoms with Crippen molar-refractivity contribution in [1.29, 1.82) is 0 Å². The monoisotopic (exact) mass is 317 g/mol. The number of rotatable bonds is 3. The highest BCUT2D eigenvalue weighted by Crippen LogP contribution is 2.18. The number of amides is 1. The summed E-state index contributed by atoms with van der Waals surface area (Å²) in [5, 5.41) is 4.79. The van der Waals surface area contributed by atoms with Crippen LogP contribution in [0.1, 0.15) is 35.7 Å². The average Bonchev–Trinajstić information content (AvgIpc) is 2.92. The van der Waals surface area contributed by atoms with E-state index < -0.39 is 0 Å². The number of halogens is 1. The second-order valence-corrected chi connectivity index (χ2v) is 6.49. The van der Waals surface area contributed by atoms with Crippen molar-refractivity contribution in [2.24, 2.45) is 5.92 Å². The number of carbonyl (C=O) groups excluding carboxylic acids is 1. The molecule has 1 amide bonds. The number of piperidine rings is 1. The van der Waals surface area contributed by atoms with Gasteiger partial charge in [-0.1, -0.05) is 30.7 Å². The fraction of sp³-hybridized carbons (Fsp3) is 0.412. The molecule has 1 aromatic carbocycles. The molecular weight excluding hydrogens is 298 g/mol. The zero-order valence-corrected chi connectivity index (χ0v) is 13.5. The number of aromatic nitrogens is 2. The predicted octanol–water partition coefficient (Wildman–Crippen LogP) is 3.46. The van der Waals surface area contributed by atoms with Crippen LogP contribution in [0.5, 0.6) is 0 Å². The van der Waals surface area contributed by atoms with Crippen LogP contribution in [0.3, 0.4) is 0 Å². The summed E-state index contributed by atoms with van der Waals surface area (Å²) in [7, 11) is 0. The lowest BCUT2D eigenvalue weighted by atomic mass is 9.99. The van der Waals surface area contributed by atoms with Gasteiger partial charge in [-0.2, -0.15) is 5.10 Å². The number of benzene rings is 1. The standard InChI is InChI=1S/C17H20ClN3O/c1-13-3-2-8-20(10-13)17(22)15-6-4-14(5-7-15)11-21-12-16(18)9-19-21/h4-7,9,12-13H,2-3,8,10-11H2,1H3/t13-/m1/s1. The molecule has 0 aliphatic carbocycles. The Bertz CT molecular complexity index is 650. The molecule has 0 bridgehead atoms. The van der Waals surface area contributed by atoms with Crippen molar-refractivity contribution in [3.8, 4) is 0 Å². The summed E-state index contributed by atoms with van der Waals surface area (Å²) < 4.78 is 1.78. The van der Waals surface area contributed by atoms with Crippen molar-refractivity contribution in [2.75, 3.05) is 13.1 Å². The highest BCUT2D eigenvalue weighted by molar-refractivity contribution is 6.30. The SMILES string of the molecule is C[C@@H]1CCCN(C(=O)c2ccc(Cn3cc(Cl)cn3)cc2)C1. The molecule has 0 N–H and O–H groups in total. The summed E-state index contributed by atoms with van der Waals surface area (Å²) in [5.74, 6) is 0.738. The van der Waals surface area contributed by atoms with E-state index in [4.69, 9.17) is 11.6 Å². The van der Waals surface area contributed by atoms with E-state index in [9.17, 15) is 4.79 Å². The summed E-state index contributed by atoms with van der Waals surface area (Å²) in [5.41, 5.74) is 1.86. The highest BCUT2D eigenvalue weighted by atomic mass is 35.5. The Morgan fingerprint density at radius 2 is 2.14 bits per heavy atom. The molecule has 0 radical (unpaired) electrons. The van der Waals surface area contributed by atoms with Crippen LogP contribution in [0.2, 0.25) is 5.02 Å². The van der Waals surface area contributed by atoms with E-state index in [-0.39, 0.29) is 5.91 Å². The zero-order valence-electron chi connectivity index (χ0n) is 12.7. The first-order valence-corrected chi connectivity index (χ1v) is 8.06. The van der Waals surface area contributed by atoms with Crippen molar-refractivity contribution in [1.82, 2.24) is 14.7 Å². The van der Waals surface area contributed by atoms with Crippen molar-refractivity contribution < 1.29 is 4.79 Å². The molecule has 2 aromatic rings. The van der Waals surface area contributed by atoms with Gasteiger partial charge in [0.1, 0.15) is 0 Å². The molecule has 3 rings (SSSR count). The Kier molecular flexibility index (Phi) is 4.48. The number of hydrogen-bond donors (Lipinski definition) is 0. The largest absolute Gasteiger partial charge is 0.338 e.